The highest BCUT2D eigenvalue weighted by Crippen LogP contribution is 2.25. The first-order chi connectivity index (χ1) is 13.0. The summed E-state index contributed by atoms with van der Waals surface area (Å²) in [6, 6.07) is 11.9. The summed E-state index contributed by atoms with van der Waals surface area (Å²) in [5.74, 6) is 1.85. The van der Waals surface area contributed by atoms with Crippen LogP contribution in [0.15, 0.2) is 42.6 Å². The van der Waals surface area contributed by atoms with E-state index in [4.69, 9.17) is 4.74 Å². The molecule has 1 atom stereocenters. The van der Waals surface area contributed by atoms with Gasteiger partial charge in [-0.15, -0.1) is 10.2 Å². The Labute approximate surface area is 159 Å². The lowest BCUT2D eigenvalue weighted by molar-refractivity contribution is -0.127. The number of carbonyl (C=O) groups is 1. The molecule has 2 heterocycles. The average Bonchev–Trinajstić information content (AvgIpc) is 3.06. The van der Waals surface area contributed by atoms with Gasteiger partial charge in [-0.3, -0.25) is 9.20 Å². The topological polar surface area (TPSA) is 68.5 Å². The van der Waals surface area contributed by atoms with Crippen LogP contribution in [0.2, 0.25) is 0 Å². The lowest BCUT2D eigenvalue weighted by Gasteiger charge is -2.18. The molecule has 3 rings (SSSR count). The lowest BCUT2D eigenvalue weighted by Crippen LogP contribution is -2.37. The van der Waals surface area contributed by atoms with Gasteiger partial charge in [0.15, 0.2) is 11.8 Å². The molecule has 1 aromatic carbocycles. The molecule has 0 saturated carbocycles. The second kappa shape index (κ2) is 8.20. The van der Waals surface area contributed by atoms with Gasteiger partial charge in [0.05, 0.1) is 0 Å². The molecule has 0 aliphatic rings. The van der Waals surface area contributed by atoms with Crippen LogP contribution < -0.4 is 10.1 Å². The monoisotopic (exact) mass is 366 g/mol. The van der Waals surface area contributed by atoms with Crippen LogP contribution in [0.5, 0.6) is 5.75 Å². The summed E-state index contributed by atoms with van der Waals surface area (Å²) in [6.45, 7) is 8.51. The molecule has 0 saturated heterocycles. The predicted molar refractivity (Wildman–Crippen MR) is 105 cm³/mol. The van der Waals surface area contributed by atoms with E-state index in [1.807, 2.05) is 47.9 Å². The maximum absolute atomic E-state index is 12.4. The third-order valence-electron chi connectivity index (χ3n) is 4.58. The van der Waals surface area contributed by atoms with E-state index >= 15 is 0 Å². The zero-order valence-corrected chi connectivity index (χ0v) is 16.3. The minimum Gasteiger partial charge on any atom is -0.481 e. The second-order valence-corrected chi connectivity index (χ2v) is 7.03. The molecule has 0 bridgehead atoms. The zero-order chi connectivity index (χ0) is 19.4. The van der Waals surface area contributed by atoms with E-state index in [-0.39, 0.29) is 5.91 Å². The van der Waals surface area contributed by atoms with Crippen molar-refractivity contribution >= 4 is 11.6 Å². The summed E-state index contributed by atoms with van der Waals surface area (Å²) in [6.07, 6.45) is 1.95. The van der Waals surface area contributed by atoms with Gasteiger partial charge in [-0.25, -0.2) is 0 Å². The van der Waals surface area contributed by atoms with E-state index in [1.165, 1.54) is 5.56 Å². The van der Waals surface area contributed by atoms with Crippen molar-refractivity contribution in [3.8, 4) is 5.75 Å². The maximum atomic E-state index is 12.4. The molecule has 1 N–H and O–H groups in total. The van der Waals surface area contributed by atoms with Crippen molar-refractivity contribution < 1.29 is 9.53 Å². The molecule has 6 heteroatoms. The molecule has 1 amide bonds. The Morgan fingerprint density at radius 2 is 2.00 bits per heavy atom. The molecule has 1 unspecified atom stereocenters. The number of amides is 1. The molecule has 27 heavy (non-hydrogen) atoms. The number of ether oxygens (including phenoxy) is 1. The summed E-state index contributed by atoms with van der Waals surface area (Å²) < 4.78 is 7.83. The number of aromatic nitrogens is 3. The number of aryl methyl sites for hydroxylation is 1. The maximum Gasteiger partial charge on any atom is 0.260 e. The third-order valence-corrected chi connectivity index (χ3v) is 4.58. The van der Waals surface area contributed by atoms with E-state index in [9.17, 15) is 4.79 Å². The van der Waals surface area contributed by atoms with E-state index in [2.05, 4.69) is 35.4 Å². The van der Waals surface area contributed by atoms with Crippen LogP contribution in [0.1, 0.15) is 43.6 Å². The summed E-state index contributed by atoms with van der Waals surface area (Å²) in [4.78, 5) is 12.4. The van der Waals surface area contributed by atoms with Crippen LogP contribution in [0, 0.1) is 6.92 Å². The summed E-state index contributed by atoms with van der Waals surface area (Å²) in [5.41, 5.74) is 3.02. The normalized spacial score (nSPS) is 12.3. The fourth-order valence-corrected chi connectivity index (χ4v) is 2.85. The van der Waals surface area contributed by atoms with Crippen molar-refractivity contribution in [3.05, 3.63) is 59.5 Å². The minimum atomic E-state index is -0.568. The highest BCUT2D eigenvalue weighted by molar-refractivity contribution is 5.80. The highest BCUT2D eigenvalue weighted by Gasteiger charge is 2.16. The molecule has 142 valence electrons. The van der Waals surface area contributed by atoms with Crippen LogP contribution in [0.4, 0.5) is 0 Å². The number of carbonyl (C=O) groups excluding carboxylic acids is 1. The molecule has 3 aromatic rings. The Morgan fingerprint density at radius 1 is 1.19 bits per heavy atom. The van der Waals surface area contributed by atoms with Crippen LogP contribution >= 0.6 is 0 Å². The van der Waals surface area contributed by atoms with Crippen LogP contribution in [-0.4, -0.2) is 33.2 Å². The zero-order valence-electron chi connectivity index (χ0n) is 16.3. The molecule has 2 aromatic heterocycles. The van der Waals surface area contributed by atoms with Gasteiger partial charge in [0.2, 0.25) is 0 Å². The number of nitrogens with one attached hydrogen (secondary N) is 1. The molecule has 0 aliphatic heterocycles. The number of rotatable bonds is 7. The van der Waals surface area contributed by atoms with Crippen LogP contribution in [0.25, 0.3) is 5.65 Å². The molecule has 6 nitrogen and oxygen atoms in total. The Bertz CT molecular complexity index is 933. The van der Waals surface area contributed by atoms with Crippen molar-refractivity contribution in [2.75, 3.05) is 6.54 Å². The molecule has 0 spiro atoms. The highest BCUT2D eigenvalue weighted by atomic mass is 16.5. The number of pyridine rings is 1. The Morgan fingerprint density at radius 3 is 2.78 bits per heavy atom. The van der Waals surface area contributed by atoms with E-state index in [0.717, 1.165) is 22.8 Å². The van der Waals surface area contributed by atoms with Crippen LogP contribution in [-0.2, 0) is 11.2 Å². The molecule has 0 fully saturated rings. The van der Waals surface area contributed by atoms with Gasteiger partial charge in [0.25, 0.3) is 5.91 Å². The number of benzene rings is 1. The van der Waals surface area contributed by atoms with Crippen molar-refractivity contribution in [3.63, 3.8) is 0 Å². The Balaban J connectivity index is 1.56. The lowest BCUT2D eigenvalue weighted by atomic mass is 10.0. The SMILES string of the molecule is Cc1ccc(C(C)C)cc1OC(C)C(=O)NCCc1nnc2ccccn12. The van der Waals surface area contributed by atoms with Gasteiger partial charge in [-0.2, -0.15) is 0 Å². The van der Waals surface area contributed by atoms with Gasteiger partial charge in [-0.1, -0.05) is 32.0 Å². The number of hydrogen-bond donors (Lipinski definition) is 1. The van der Waals surface area contributed by atoms with Crippen LogP contribution in [0.3, 0.4) is 0 Å². The largest absolute Gasteiger partial charge is 0.481 e. The van der Waals surface area contributed by atoms with Gasteiger partial charge < -0.3 is 10.1 Å². The first-order valence-electron chi connectivity index (χ1n) is 9.29. The molecule has 0 aliphatic carbocycles. The average molecular weight is 366 g/mol. The van der Waals surface area contributed by atoms with Crippen molar-refractivity contribution in [1.29, 1.82) is 0 Å². The first kappa shape index (κ1) is 18.9. The summed E-state index contributed by atoms with van der Waals surface area (Å²) in [7, 11) is 0. The third kappa shape index (κ3) is 4.45. The molecular weight excluding hydrogens is 340 g/mol. The Kier molecular flexibility index (Phi) is 5.74. The summed E-state index contributed by atoms with van der Waals surface area (Å²) >= 11 is 0. The number of fused-ring (bicyclic) bond motifs is 1. The van der Waals surface area contributed by atoms with Gasteiger partial charge >= 0.3 is 0 Å². The Hall–Kier alpha value is -2.89. The number of hydrogen-bond acceptors (Lipinski definition) is 4. The standard InChI is InChI=1S/C21H26N4O2/c1-14(2)17-9-8-15(3)18(13-17)27-16(4)21(26)22-11-10-20-24-23-19-7-5-6-12-25(19)20/h5-9,12-14,16H,10-11H2,1-4H3,(H,22,26). The minimum absolute atomic E-state index is 0.141. The van der Waals surface area contributed by atoms with Crippen molar-refractivity contribution in [1.82, 2.24) is 19.9 Å². The van der Waals surface area contributed by atoms with E-state index in [0.29, 0.717) is 18.9 Å². The van der Waals surface area contributed by atoms with Crippen molar-refractivity contribution in [2.24, 2.45) is 0 Å². The molecular formula is C21H26N4O2. The smallest absolute Gasteiger partial charge is 0.260 e. The van der Waals surface area contributed by atoms with Gasteiger partial charge in [-0.05, 0) is 49.1 Å². The molecule has 0 radical (unpaired) electrons. The summed E-state index contributed by atoms with van der Waals surface area (Å²) in [5, 5.41) is 11.2. The van der Waals surface area contributed by atoms with E-state index < -0.39 is 6.10 Å². The van der Waals surface area contributed by atoms with E-state index in [1.54, 1.807) is 6.92 Å². The fourth-order valence-electron chi connectivity index (χ4n) is 2.85. The van der Waals surface area contributed by atoms with Gasteiger partial charge in [0, 0.05) is 19.2 Å². The second-order valence-electron chi connectivity index (χ2n) is 7.03. The van der Waals surface area contributed by atoms with Gasteiger partial charge in [0.1, 0.15) is 11.6 Å². The van der Waals surface area contributed by atoms with Crippen molar-refractivity contribution in [2.45, 2.75) is 46.1 Å². The quantitative estimate of drug-likeness (QED) is 0.697. The predicted octanol–water partition coefficient (Wildman–Crippen LogP) is 3.29. The first-order valence-corrected chi connectivity index (χ1v) is 9.29. The number of nitrogens with zero attached hydrogens (tertiary/aromatic N) is 3. The fraction of sp³-hybridized carbons (Fsp3) is 0.381.